The van der Waals surface area contributed by atoms with Gasteiger partial charge in [-0.2, -0.15) is 13.2 Å². The Hall–Kier alpha value is -1.03. The van der Waals surface area contributed by atoms with Crippen molar-refractivity contribution in [1.82, 2.24) is 0 Å². The lowest BCUT2D eigenvalue weighted by Crippen LogP contribution is -2.39. The van der Waals surface area contributed by atoms with Gasteiger partial charge in [0.2, 0.25) is 0 Å². The quantitative estimate of drug-likeness (QED) is 0.218. The molecule has 0 aromatic heterocycles. The molecule has 180 valence electrons. The van der Waals surface area contributed by atoms with E-state index in [1.54, 1.807) is 12.1 Å². The second-order valence-electron chi connectivity index (χ2n) is 9.02. The fourth-order valence-electron chi connectivity index (χ4n) is 4.88. The Kier molecular flexibility index (Phi) is 13.5. The number of ether oxygens (including phenoxy) is 1. The topological polar surface area (TPSA) is 9.23 Å². The first kappa shape index (κ1) is 28.0. The zero-order valence-corrected chi connectivity index (χ0v) is 20.3. The lowest BCUT2D eigenvalue weighted by molar-refractivity contribution is -0.137. The van der Waals surface area contributed by atoms with Crippen molar-refractivity contribution in [2.75, 3.05) is 7.11 Å². The molecular formula is C27H45F3O. The van der Waals surface area contributed by atoms with Crippen LogP contribution < -0.4 is 0 Å². The number of unbranched alkanes of at least 4 members (excludes halogenated alkanes) is 7. The van der Waals surface area contributed by atoms with E-state index in [-0.39, 0.29) is 5.60 Å². The Morgan fingerprint density at radius 2 is 1.26 bits per heavy atom. The predicted molar refractivity (Wildman–Crippen MR) is 125 cm³/mol. The molecule has 0 saturated carbocycles. The summed E-state index contributed by atoms with van der Waals surface area (Å²) in [4.78, 5) is 0. The summed E-state index contributed by atoms with van der Waals surface area (Å²) in [6.45, 7) is 6.74. The zero-order chi connectivity index (χ0) is 23.2. The third kappa shape index (κ3) is 9.97. The summed E-state index contributed by atoms with van der Waals surface area (Å²) in [5, 5.41) is 0. The van der Waals surface area contributed by atoms with Crippen LogP contribution in [0, 0.1) is 5.92 Å². The molecule has 0 aliphatic heterocycles. The van der Waals surface area contributed by atoms with Crippen LogP contribution in [-0.4, -0.2) is 12.7 Å². The summed E-state index contributed by atoms with van der Waals surface area (Å²) < 4.78 is 44.1. The summed E-state index contributed by atoms with van der Waals surface area (Å²) >= 11 is 0. The molecule has 0 fully saturated rings. The van der Waals surface area contributed by atoms with Gasteiger partial charge in [0, 0.05) is 7.11 Å². The number of benzene rings is 1. The van der Waals surface area contributed by atoms with E-state index in [4.69, 9.17) is 4.74 Å². The first-order valence-electron chi connectivity index (χ1n) is 12.5. The number of hydrogen-bond donors (Lipinski definition) is 0. The molecule has 0 spiro atoms. The molecule has 1 aromatic carbocycles. The Bertz CT molecular complexity index is 553. The van der Waals surface area contributed by atoms with Crippen LogP contribution in [0.4, 0.5) is 13.2 Å². The van der Waals surface area contributed by atoms with Gasteiger partial charge in [-0.3, -0.25) is 0 Å². The molecule has 0 aliphatic rings. The number of alkyl halides is 3. The van der Waals surface area contributed by atoms with Gasteiger partial charge in [-0.1, -0.05) is 84.3 Å². The summed E-state index contributed by atoms with van der Waals surface area (Å²) in [5.41, 5.74) is 0.408. The molecule has 0 N–H and O–H groups in total. The molecule has 0 amide bonds. The van der Waals surface area contributed by atoms with Gasteiger partial charge in [-0.25, -0.2) is 0 Å². The Morgan fingerprint density at radius 1 is 0.742 bits per heavy atom. The molecule has 0 aliphatic carbocycles. The van der Waals surface area contributed by atoms with Crippen molar-refractivity contribution >= 4 is 0 Å². The van der Waals surface area contributed by atoms with E-state index < -0.39 is 11.7 Å². The molecule has 1 atom stereocenters. The number of halogens is 3. The first-order valence-corrected chi connectivity index (χ1v) is 12.5. The van der Waals surface area contributed by atoms with Crippen LogP contribution in [0.15, 0.2) is 24.3 Å². The fourth-order valence-corrected chi connectivity index (χ4v) is 4.88. The zero-order valence-electron chi connectivity index (χ0n) is 20.3. The number of hydrogen-bond acceptors (Lipinski definition) is 1. The van der Waals surface area contributed by atoms with Gasteiger partial charge in [0.25, 0.3) is 0 Å². The minimum atomic E-state index is -4.25. The molecular weight excluding hydrogens is 397 g/mol. The lowest BCUT2D eigenvalue weighted by Gasteiger charge is -2.39. The third-order valence-electron chi connectivity index (χ3n) is 7.05. The minimum absolute atomic E-state index is 0.0170. The first-order chi connectivity index (χ1) is 14.8. The van der Waals surface area contributed by atoms with Gasteiger partial charge in [0.1, 0.15) is 0 Å². The molecule has 0 heterocycles. The van der Waals surface area contributed by atoms with E-state index in [0.29, 0.717) is 5.92 Å². The van der Waals surface area contributed by atoms with Crippen molar-refractivity contribution in [3.05, 3.63) is 35.4 Å². The van der Waals surface area contributed by atoms with E-state index >= 15 is 0 Å². The van der Waals surface area contributed by atoms with Gasteiger partial charge in [-0.15, -0.1) is 0 Å². The summed E-state index contributed by atoms with van der Waals surface area (Å²) in [6.07, 6.45) is 12.3. The molecule has 1 aromatic rings. The smallest absolute Gasteiger partial charge is 0.378 e. The molecule has 0 radical (unpaired) electrons. The average molecular weight is 443 g/mol. The van der Waals surface area contributed by atoms with Crippen molar-refractivity contribution < 1.29 is 17.9 Å². The number of aryl methyl sites for hydroxylation is 1. The summed E-state index contributed by atoms with van der Waals surface area (Å²) in [7, 11) is 1.87. The van der Waals surface area contributed by atoms with Gasteiger partial charge >= 0.3 is 6.18 Å². The van der Waals surface area contributed by atoms with Crippen LogP contribution in [0.25, 0.3) is 0 Å². The standard InChI is InChI=1S/C27H45F3O/c1-5-8-9-10-11-14-17-24(26(6-2,7-3)31-4)18-15-12-13-16-23-19-21-25(22-20-23)27(28,29)30/h19-22,24H,5-18H2,1-4H3. The van der Waals surface area contributed by atoms with E-state index in [1.165, 1.54) is 63.5 Å². The SMILES string of the molecule is CCCCCCCCC(CCCCCc1ccc(C(F)(F)F)cc1)C(CC)(CC)OC. The van der Waals surface area contributed by atoms with Crippen LogP contribution >= 0.6 is 0 Å². The second kappa shape index (κ2) is 14.9. The summed E-state index contributed by atoms with van der Waals surface area (Å²) in [5.74, 6) is 0.588. The van der Waals surface area contributed by atoms with Gasteiger partial charge in [0.05, 0.1) is 11.2 Å². The highest BCUT2D eigenvalue weighted by Crippen LogP contribution is 2.36. The van der Waals surface area contributed by atoms with E-state index in [1.807, 2.05) is 7.11 Å². The van der Waals surface area contributed by atoms with Crippen LogP contribution in [0.5, 0.6) is 0 Å². The van der Waals surface area contributed by atoms with Crippen molar-refractivity contribution in [1.29, 1.82) is 0 Å². The van der Waals surface area contributed by atoms with Crippen molar-refractivity contribution in [2.24, 2.45) is 5.92 Å². The Morgan fingerprint density at radius 3 is 1.74 bits per heavy atom. The van der Waals surface area contributed by atoms with Gasteiger partial charge < -0.3 is 4.74 Å². The maximum atomic E-state index is 12.7. The molecule has 1 unspecified atom stereocenters. The monoisotopic (exact) mass is 442 g/mol. The Labute approximate surface area is 189 Å². The second-order valence-corrected chi connectivity index (χ2v) is 9.02. The minimum Gasteiger partial charge on any atom is -0.378 e. The van der Waals surface area contributed by atoms with Crippen LogP contribution in [-0.2, 0) is 17.3 Å². The van der Waals surface area contributed by atoms with Crippen LogP contribution in [0.2, 0.25) is 0 Å². The van der Waals surface area contributed by atoms with Crippen molar-refractivity contribution in [2.45, 2.75) is 122 Å². The normalized spacial score (nSPS) is 13.5. The maximum Gasteiger partial charge on any atom is 0.416 e. The molecule has 1 nitrogen and oxygen atoms in total. The van der Waals surface area contributed by atoms with E-state index in [0.717, 1.165) is 44.1 Å². The van der Waals surface area contributed by atoms with Crippen LogP contribution in [0.1, 0.15) is 115 Å². The molecule has 0 bridgehead atoms. The Balaban J connectivity index is 2.46. The van der Waals surface area contributed by atoms with Gasteiger partial charge in [0.15, 0.2) is 0 Å². The maximum absolute atomic E-state index is 12.7. The fraction of sp³-hybridized carbons (Fsp3) is 0.778. The van der Waals surface area contributed by atoms with E-state index in [2.05, 4.69) is 20.8 Å². The largest absolute Gasteiger partial charge is 0.416 e. The molecule has 4 heteroatoms. The molecule has 31 heavy (non-hydrogen) atoms. The van der Waals surface area contributed by atoms with Crippen LogP contribution in [0.3, 0.4) is 0 Å². The highest BCUT2D eigenvalue weighted by atomic mass is 19.4. The highest BCUT2D eigenvalue weighted by Gasteiger charge is 2.34. The average Bonchev–Trinajstić information content (AvgIpc) is 2.76. The summed E-state index contributed by atoms with van der Waals surface area (Å²) in [6, 6.07) is 5.63. The van der Waals surface area contributed by atoms with Crippen molar-refractivity contribution in [3.63, 3.8) is 0 Å². The lowest BCUT2D eigenvalue weighted by atomic mass is 9.76. The van der Waals surface area contributed by atoms with Gasteiger partial charge in [-0.05, 0) is 62.1 Å². The molecule has 1 rings (SSSR count). The van der Waals surface area contributed by atoms with Crippen molar-refractivity contribution in [3.8, 4) is 0 Å². The van der Waals surface area contributed by atoms with E-state index in [9.17, 15) is 13.2 Å². The highest BCUT2D eigenvalue weighted by molar-refractivity contribution is 5.24. The number of methoxy groups -OCH3 is 1. The number of rotatable bonds is 17. The predicted octanol–water partition coefficient (Wildman–Crippen LogP) is 9.38. The third-order valence-corrected chi connectivity index (χ3v) is 7.05. The molecule has 0 saturated heterocycles.